The van der Waals surface area contributed by atoms with Gasteiger partial charge in [-0.3, -0.25) is 0 Å². The predicted molar refractivity (Wildman–Crippen MR) is 80.8 cm³/mol. The van der Waals surface area contributed by atoms with Gasteiger partial charge >= 0.3 is 9.05 Å². The topological polar surface area (TPSA) is 101 Å². The number of nitrogens with one attached hydrogen (secondary N) is 2. The molecule has 0 saturated carbocycles. The Bertz CT molecular complexity index is 204. The largest absolute Gasteiger partial charge is 0.679 e. The van der Waals surface area contributed by atoms with Gasteiger partial charge in [-0.05, 0) is 13.8 Å². The number of hydrogen-bond acceptors (Lipinski definition) is 8. The quantitative estimate of drug-likeness (QED) is 0.205. The fourth-order valence-electron chi connectivity index (χ4n) is 1.51. The average Bonchev–Trinajstić information content (AvgIpc) is 2.47. The molecule has 0 aliphatic rings. The third kappa shape index (κ3) is 11.2. The van der Waals surface area contributed by atoms with Crippen molar-refractivity contribution >= 4 is 9.05 Å². The number of aliphatic hydroxyl groups is 2. The van der Waals surface area contributed by atoms with Crippen molar-refractivity contribution in [3.8, 4) is 0 Å². The molecule has 0 unspecified atom stereocenters. The lowest BCUT2D eigenvalue weighted by Gasteiger charge is -2.27. The summed E-state index contributed by atoms with van der Waals surface area (Å²) in [4.78, 5) is 0. The summed E-state index contributed by atoms with van der Waals surface area (Å²) in [6.07, 6.45) is 0. The first-order valence-electron chi connectivity index (χ1n) is 7.43. The standard InChI is InChI=1S/C12H30N2O6Si/c1-3-17-21(18-4-2,19-11-7-13-5-9-15)20-12-8-14-6-10-16/h13-16H,3-12H2,1-2H3. The minimum atomic E-state index is -3.12. The normalized spacial score (nSPS) is 12.0. The predicted octanol–water partition coefficient (Wildman–Crippen LogP) is -1.31. The molecule has 0 fully saturated rings. The van der Waals surface area contributed by atoms with E-state index in [9.17, 15) is 0 Å². The van der Waals surface area contributed by atoms with Crippen LogP contribution in [0.4, 0.5) is 0 Å². The van der Waals surface area contributed by atoms with Gasteiger partial charge in [-0.2, -0.15) is 0 Å². The van der Waals surface area contributed by atoms with Gasteiger partial charge in [0.2, 0.25) is 0 Å². The Balaban J connectivity index is 4.16. The molecule has 0 radical (unpaired) electrons. The van der Waals surface area contributed by atoms with E-state index >= 15 is 0 Å². The first-order chi connectivity index (χ1) is 10.2. The lowest BCUT2D eigenvalue weighted by atomic mass is 10.6. The van der Waals surface area contributed by atoms with Crippen molar-refractivity contribution in [1.29, 1.82) is 0 Å². The van der Waals surface area contributed by atoms with Gasteiger partial charge in [-0.1, -0.05) is 0 Å². The molecular weight excluding hydrogens is 296 g/mol. The van der Waals surface area contributed by atoms with E-state index in [1.165, 1.54) is 0 Å². The van der Waals surface area contributed by atoms with Crippen molar-refractivity contribution in [2.24, 2.45) is 0 Å². The second-order valence-electron chi connectivity index (χ2n) is 4.01. The molecule has 0 aliphatic carbocycles. The molecule has 0 aliphatic heterocycles. The van der Waals surface area contributed by atoms with E-state index in [2.05, 4.69) is 10.6 Å². The maximum absolute atomic E-state index is 8.69. The van der Waals surface area contributed by atoms with Crippen LogP contribution in [0.5, 0.6) is 0 Å². The zero-order chi connectivity index (χ0) is 15.8. The highest BCUT2D eigenvalue weighted by Gasteiger charge is 2.44. The Labute approximate surface area is 128 Å². The highest BCUT2D eigenvalue weighted by molar-refractivity contribution is 6.53. The van der Waals surface area contributed by atoms with Crippen LogP contribution >= 0.6 is 0 Å². The van der Waals surface area contributed by atoms with Crippen molar-refractivity contribution in [3.05, 3.63) is 0 Å². The van der Waals surface area contributed by atoms with E-state index in [0.29, 0.717) is 52.6 Å². The maximum atomic E-state index is 8.69. The van der Waals surface area contributed by atoms with Crippen LogP contribution in [-0.2, 0) is 17.7 Å². The van der Waals surface area contributed by atoms with Crippen LogP contribution in [0.3, 0.4) is 0 Å². The first kappa shape index (κ1) is 20.9. The second-order valence-corrected chi connectivity index (χ2v) is 6.16. The average molecular weight is 326 g/mol. The Kier molecular flexibility index (Phi) is 14.7. The Morgan fingerprint density at radius 1 is 0.714 bits per heavy atom. The molecule has 9 heteroatoms. The van der Waals surface area contributed by atoms with E-state index in [4.69, 9.17) is 27.9 Å². The van der Waals surface area contributed by atoms with Crippen molar-refractivity contribution < 1.29 is 27.9 Å². The summed E-state index contributed by atoms with van der Waals surface area (Å²) >= 11 is 0. The van der Waals surface area contributed by atoms with Crippen molar-refractivity contribution in [2.75, 3.05) is 65.8 Å². The summed E-state index contributed by atoms with van der Waals surface area (Å²) < 4.78 is 22.6. The molecule has 0 bridgehead atoms. The minimum Gasteiger partial charge on any atom is -0.395 e. The van der Waals surface area contributed by atoms with Crippen LogP contribution in [0, 0.1) is 0 Å². The summed E-state index contributed by atoms with van der Waals surface area (Å²) in [5.74, 6) is 0. The van der Waals surface area contributed by atoms with Gasteiger partial charge in [-0.25, -0.2) is 0 Å². The highest BCUT2D eigenvalue weighted by atomic mass is 28.4. The Hall–Kier alpha value is -0.103. The van der Waals surface area contributed by atoms with E-state index in [-0.39, 0.29) is 13.2 Å². The SMILES string of the molecule is CCO[Si](OCC)(OCCNCCO)OCCNCCO. The van der Waals surface area contributed by atoms with Crippen LogP contribution in [0.25, 0.3) is 0 Å². The van der Waals surface area contributed by atoms with E-state index in [0.717, 1.165) is 0 Å². The molecule has 128 valence electrons. The van der Waals surface area contributed by atoms with Gasteiger partial charge in [0.1, 0.15) is 0 Å². The fraction of sp³-hybridized carbons (Fsp3) is 1.00. The smallest absolute Gasteiger partial charge is 0.395 e. The summed E-state index contributed by atoms with van der Waals surface area (Å²) in [7, 11) is -3.12. The second kappa shape index (κ2) is 14.8. The highest BCUT2D eigenvalue weighted by Crippen LogP contribution is 2.11. The molecule has 0 heterocycles. The number of rotatable bonds is 16. The van der Waals surface area contributed by atoms with Crippen LogP contribution in [0.1, 0.15) is 13.8 Å². The van der Waals surface area contributed by atoms with Gasteiger partial charge in [0.25, 0.3) is 0 Å². The molecule has 0 saturated heterocycles. The van der Waals surface area contributed by atoms with Gasteiger partial charge in [0, 0.05) is 39.4 Å². The lowest BCUT2D eigenvalue weighted by Crippen LogP contribution is -2.51. The molecule has 0 rings (SSSR count). The fourth-order valence-corrected chi connectivity index (χ4v) is 3.42. The Morgan fingerprint density at radius 2 is 1.14 bits per heavy atom. The molecule has 0 spiro atoms. The third-order valence-corrected chi connectivity index (χ3v) is 4.73. The van der Waals surface area contributed by atoms with E-state index < -0.39 is 9.05 Å². The van der Waals surface area contributed by atoms with Crippen LogP contribution in [0.2, 0.25) is 0 Å². The van der Waals surface area contributed by atoms with Gasteiger partial charge in [0.15, 0.2) is 0 Å². The monoisotopic (exact) mass is 326 g/mol. The van der Waals surface area contributed by atoms with Crippen molar-refractivity contribution in [3.63, 3.8) is 0 Å². The van der Waals surface area contributed by atoms with Crippen molar-refractivity contribution in [1.82, 2.24) is 10.6 Å². The van der Waals surface area contributed by atoms with Gasteiger partial charge in [-0.15, -0.1) is 0 Å². The molecule has 0 aromatic heterocycles. The minimum absolute atomic E-state index is 0.0898. The van der Waals surface area contributed by atoms with Crippen LogP contribution in [-0.4, -0.2) is 85.1 Å². The Morgan fingerprint density at radius 3 is 1.48 bits per heavy atom. The summed E-state index contributed by atoms with van der Waals surface area (Å²) in [5, 5.41) is 23.4. The lowest BCUT2D eigenvalue weighted by molar-refractivity contribution is -0.0287. The molecule has 0 aromatic carbocycles. The molecule has 4 N–H and O–H groups in total. The number of hydrogen-bond donors (Lipinski definition) is 4. The zero-order valence-electron chi connectivity index (χ0n) is 13.1. The zero-order valence-corrected chi connectivity index (χ0v) is 14.1. The van der Waals surface area contributed by atoms with E-state index in [1.807, 2.05) is 13.8 Å². The molecular formula is C12H30N2O6Si. The molecule has 0 amide bonds. The maximum Gasteiger partial charge on any atom is 0.679 e. The summed E-state index contributed by atoms with van der Waals surface area (Å²) in [6.45, 7) is 7.78. The van der Waals surface area contributed by atoms with Crippen molar-refractivity contribution in [2.45, 2.75) is 13.8 Å². The summed E-state index contributed by atoms with van der Waals surface area (Å²) in [6, 6.07) is 0. The molecule has 0 aromatic rings. The number of aliphatic hydroxyl groups excluding tert-OH is 2. The third-order valence-electron chi connectivity index (χ3n) is 2.33. The van der Waals surface area contributed by atoms with Crippen LogP contribution in [0.15, 0.2) is 0 Å². The van der Waals surface area contributed by atoms with Gasteiger partial charge < -0.3 is 38.6 Å². The van der Waals surface area contributed by atoms with E-state index in [1.54, 1.807) is 0 Å². The van der Waals surface area contributed by atoms with Crippen LogP contribution < -0.4 is 10.6 Å². The molecule has 8 nitrogen and oxygen atoms in total. The molecule has 21 heavy (non-hydrogen) atoms. The molecule has 0 atom stereocenters. The van der Waals surface area contributed by atoms with Gasteiger partial charge in [0.05, 0.1) is 26.4 Å². The first-order valence-corrected chi connectivity index (χ1v) is 9.07. The summed E-state index contributed by atoms with van der Waals surface area (Å²) in [5.41, 5.74) is 0.